The Morgan fingerprint density at radius 3 is 1.30 bits per heavy atom. The maximum Gasteiger partial charge on any atom is 0.175 e. The molecule has 0 amide bonds. The van der Waals surface area contributed by atoms with Gasteiger partial charge >= 0.3 is 0 Å². The van der Waals surface area contributed by atoms with E-state index in [0.29, 0.717) is 38.3 Å². The molecule has 2 aliphatic rings. The number of ketones is 1. The minimum atomic E-state index is -0.573. The Hall–Kier alpha value is -3.42. The average molecular weight is 695 g/mol. The Balaban J connectivity index is -0.000000577. The van der Waals surface area contributed by atoms with E-state index in [-0.39, 0.29) is 5.79 Å². The zero-order chi connectivity index (χ0) is 38.0. The van der Waals surface area contributed by atoms with Crippen molar-refractivity contribution in [1.29, 1.82) is 0 Å². The Kier molecular flexibility index (Phi) is 40.8. The maximum atomic E-state index is 11.0. The van der Waals surface area contributed by atoms with Crippen molar-refractivity contribution in [3.63, 3.8) is 0 Å². The molecule has 2 rings (SSSR count). The van der Waals surface area contributed by atoms with E-state index in [9.17, 15) is 9.59 Å². The molecule has 6 nitrogen and oxygen atoms in total. The fourth-order valence-electron chi connectivity index (χ4n) is 4.35. The van der Waals surface area contributed by atoms with E-state index in [2.05, 4.69) is 72.2 Å². The molecular weight excluding hydrogens is 624 g/mol. The molecule has 0 saturated carbocycles. The van der Waals surface area contributed by atoms with E-state index in [1.807, 2.05) is 61.6 Å². The highest BCUT2D eigenvalue weighted by atomic mass is 16.7. The van der Waals surface area contributed by atoms with Crippen molar-refractivity contribution in [2.24, 2.45) is 0 Å². The molecule has 0 aliphatic carbocycles. The van der Waals surface area contributed by atoms with Gasteiger partial charge in [0.25, 0.3) is 0 Å². The van der Waals surface area contributed by atoms with Crippen LogP contribution in [0, 0.1) is 0 Å². The summed E-state index contributed by atoms with van der Waals surface area (Å²) in [6.45, 7) is 27.2. The van der Waals surface area contributed by atoms with Gasteiger partial charge in [-0.15, -0.1) is 0 Å². The van der Waals surface area contributed by atoms with Crippen LogP contribution in [0.5, 0.6) is 0 Å². The second kappa shape index (κ2) is 40.0. The van der Waals surface area contributed by atoms with Gasteiger partial charge in [-0.3, -0.25) is 4.79 Å². The topological polar surface area (TPSA) is 71.1 Å². The van der Waals surface area contributed by atoms with Crippen LogP contribution in [0.15, 0.2) is 124 Å². The summed E-state index contributed by atoms with van der Waals surface area (Å²) in [5, 5.41) is 0. The summed E-state index contributed by atoms with van der Waals surface area (Å²) in [5.41, 5.74) is 0. The van der Waals surface area contributed by atoms with Gasteiger partial charge in [-0.25, -0.2) is 0 Å². The van der Waals surface area contributed by atoms with Crippen LogP contribution in [-0.2, 0) is 28.5 Å². The third-order valence-corrected chi connectivity index (χ3v) is 6.59. The van der Waals surface area contributed by atoms with Crippen molar-refractivity contribution >= 4 is 12.1 Å². The van der Waals surface area contributed by atoms with E-state index < -0.39 is 5.79 Å². The second-order valence-electron chi connectivity index (χ2n) is 11.0. The molecule has 2 saturated heterocycles. The fourth-order valence-corrected chi connectivity index (χ4v) is 4.35. The van der Waals surface area contributed by atoms with Crippen LogP contribution in [0.2, 0.25) is 0 Å². The lowest BCUT2D eigenvalue weighted by molar-refractivity contribution is -0.167. The monoisotopic (exact) mass is 695 g/mol. The Morgan fingerprint density at radius 2 is 0.960 bits per heavy atom. The summed E-state index contributed by atoms with van der Waals surface area (Å²) in [6, 6.07) is 0. The number of carbonyl (C=O) groups is 2. The SMILES string of the molecule is C=C/C=C/C=CCC(=O)CCC.C=C/C=C/C=CCC1(CCC)OCCO1.C=C/C=C/CC.C=C/C=C/CC.CCCC1(CC=O)OCCO1. The van der Waals surface area contributed by atoms with Crippen LogP contribution in [0.25, 0.3) is 0 Å². The quantitative estimate of drug-likeness (QED) is 0.0933. The van der Waals surface area contributed by atoms with Crippen LogP contribution in [0.1, 0.15) is 105 Å². The van der Waals surface area contributed by atoms with Gasteiger partial charge in [0.1, 0.15) is 12.1 Å². The molecule has 0 aromatic carbocycles. The first-order valence-electron chi connectivity index (χ1n) is 18.2. The molecule has 2 heterocycles. The molecule has 0 aromatic heterocycles. The van der Waals surface area contributed by atoms with Crippen LogP contribution >= 0.6 is 0 Å². The van der Waals surface area contributed by atoms with Gasteiger partial charge < -0.3 is 23.7 Å². The number of hydrogen-bond donors (Lipinski definition) is 0. The number of Topliss-reactive ketones (excluding diaryl/α,β-unsaturated/α-hetero) is 1. The number of allylic oxidation sites excluding steroid dienone is 15. The summed E-state index contributed by atoms with van der Waals surface area (Å²) >= 11 is 0. The molecule has 50 heavy (non-hydrogen) atoms. The first-order chi connectivity index (χ1) is 24.3. The zero-order valence-electron chi connectivity index (χ0n) is 32.2. The van der Waals surface area contributed by atoms with Crippen molar-refractivity contribution in [2.45, 2.75) is 117 Å². The molecule has 2 aliphatic heterocycles. The molecular formula is C44H70O6. The van der Waals surface area contributed by atoms with Crippen LogP contribution in [0.4, 0.5) is 0 Å². The number of rotatable bonds is 20. The van der Waals surface area contributed by atoms with Crippen molar-refractivity contribution in [3.8, 4) is 0 Å². The Morgan fingerprint density at radius 1 is 0.540 bits per heavy atom. The zero-order valence-corrected chi connectivity index (χ0v) is 32.2. The van der Waals surface area contributed by atoms with Crippen LogP contribution < -0.4 is 0 Å². The first kappa shape index (κ1) is 51.0. The summed E-state index contributed by atoms with van der Waals surface area (Å²) < 4.78 is 22.1. The van der Waals surface area contributed by atoms with Crippen LogP contribution in [0.3, 0.4) is 0 Å². The van der Waals surface area contributed by atoms with Gasteiger partial charge in [-0.1, -0.05) is 171 Å². The lowest BCUT2D eigenvalue weighted by Crippen LogP contribution is -2.30. The third kappa shape index (κ3) is 33.1. The largest absolute Gasteiger partial charge is 0.347 e. The molecule has 0 N–H and O–H groups in total. The standard InChI is InChI=1S/C13H20O2.C11H16O.C8H14O3.2C6H10/c1-3-5-6-7-8-10-13(9-4-2)14-11-12-15-13;1-3-5-6-7-8-10-11(12)9-4-2;1-2-3-8(4-5-9)10-6-7-11-8;2*1-3-5-6-4-2/h3,5-8H,1,4,9-12H2,2H3;3,5-8H,1,4,9-10H2,2H3;5H,2-4,6-7H2,1H3;2*3,5-6H,1,4H2,2H3/b2*6-5+,8-7?;;2*6-5+. The molecule has 0 radical (unpaired) electrons. The predicted molar refractivity (Wildman–Crippen MR) is 215 cm³/mol. The van der Waals surface area contributed by atoms with Gasteiger partial charge in [0.15, 0.2) is 11.6 Å². The summed E-state index contributed by atoms with van der Waals surface area (Å²) in [6.07, 6.45) is 40.7. The lowest BCUT2D eigenvalue weighted by atomic mass is 10.1. The number of ether oxygens (including phenoxy) is 4. The minimum absolute atomic E-state index is 0.306. The van der Waals surface area contributed by atoms with E-state index in [1.54, 1.807) is 24.3 Å². The number of aldehydes is 1. The molecule has 0 aromatic rings. The van der Waals surface area contributed by atoms with Gasteiger partial charge in [0, 0.05) is 32.1 Å². The van der Waals surface area contributed by atoms with E-state index in [1.165, 1.54) is 0 Å². The molecule has 2 fully saturated rings. The average Bonchev–Trinajstić information content (AvgIpc) is 3.78. The van der Waals surface area contributed by atoms with E-state index >= 15 is 0 Å². The number of hydrogen-bond acceptors (Lipinski definition) is 6. The van der Waals surface area contributed by atoms with Gasteiger partial charge in [0.2, 0.25) is 0 Å². The third-order valence-electron chi connectivity index (χ3n) is 6.59. The van der Waals surface area contributed by atoms with Crippen molar-refractivity contribution < 1.29 is 28.5 Å². The molecule has 0 spiro atoms. The Bertz CT molecular complexity index is 997. The van der Waals surface area contributed by atoms with Gasteiger partial charge in [-0.2, -0.15) is 0 Å². The first-order valence-corrected chi connectivity index (χ1v) is 18.2. The lowest BCUT2D eigenvalue weighted by Gasteiger charge is -2.25. The van der Waals surface area contributed by atoms with Gasteiger partial charge in [0.05, 0.1) is 32.8 Å². The van der Waals surface area contributed by atoms with E-state index in [0.717, 1.165) is 70.9 Å². The molecule has 282 valence electrons. The molecule has 0 bridgehead atoms. The summed E-state index contributed by atoms with van der Waals surface area (Å²) in [5.74, 6) is -0.621. The van der Waals surface area contributed by atoms with E-state index in [4.69, 9.17) is 18.9 Å². The predicted octanol–water partition coefficient (Wildman–Crippen LogP) is 11.7. The van der Waals surface area contributed by atoms with Crippen molar-refractivity contribution in [3.05, 3.63) is 124 Å². The smallest absolute Gasteiger partial charge is 0.175 e. The molecule has 0 atom stereocenters. The van der Waals surface area contributed by atoms with Crippen molar-refractivity contribution in [2.75, 3.05) is 26.4 Å². The summed E-state index contributed by atoms with van der Waals surface area (Å²) in [7, 11) is 0. The number of carbonyl (C=O) groups excluding carboxylic acids is 2. The maximum absolute atomic E-state index is 11.0. The van der Waals surface area contributed by atoms with Crippen molar-refractivity contribution in [1.82, 2.24) is 0 Å². The normalized spacial score (nSPS) is 15.9. The highest BCUT2D eigenvalue weighted by molar-refractivity contribution is 5.79. The minimum Gasteiger partial charge on any atom is -0.347 e. The molecule has 6 heteroatoms. The highest BCUT2D eigenvalue weighted by Gasteiger charge is 2.35. The highest BCUT2D eigenvalue weighted by Crippen LogP contribution is 2.29. The van der Waals surface area contributed by atoms with Crippen LogP contribution in [-0.4, -0.2) is 50.1 Å². The Labute approximate surface area is 306 Å². The van der Waals surface area contributed by atoms with Gasteiger partial charge in [-0.05, 0) is 19.3 Å². The second-order valence-corrected chi connectivity index (χ2v) is 11.0. The summed E-state index contributed by atoms with van der Waals surface area (Å²) in [4.78, 5) is 21.3. The molecule has 0 unspecified atom stereocenters. The fraction of sp³-hybridized carbons (Fsp3) is 0.500.